The zero-order valence-corrected chi connectivity index (χ0v) is 15.3. The van der Waals surface area contributed by atoms with E-state index in [4.69, 9.17) is 11.3 Å². The van der Waals surface area contributed by atoms with Crippen molar-refractivity contribution in [2.24, 2.45) is 23.2 Å². The predicted octanol–water partition coefficient (Wildman–Crippen LogP) is 3.76. The Morgan fingerprint density at radius 2 is 2.21 bits per heavy atom. The normalized spacial score (nSPS) is 35.2. The van der Waals surface area contributed by atoms with Crippen LogP contribution in [0.2, 0.25) is 0 Å². The largest absolute Gasteiger partial charge is 0.514 e. The van der Waals surface area contributed by atoms with Crippen LogP contribution in [-0.2, 0) is 42.2 Å². The van der Waals surface area contributed by atoms with Gasteiger partial charge in [-0.05, 0) is 42.4 Å². The van der Waals surface area contributed by atoms with Gasteiger partial charge in [-0.3, -0.25) is 10.4 Å². The van der Waals surface area contributed by atoms with E-state index in [-0.39, 0.29) is 38.7 Å². The zero-order valence-electron chi connectivity index (χ0n) is 12.4. The van der Waals surface area contributed by atoms with Crippen LogP contribution in [0.4, 0.5) is 0 Å². The van der Waals surface area contributed by atoms with Crippen molar-refractivity contribution in [3.05, 3.63) is 12.2 Å². The van der Waals surface area contributed by atoms with Crippen molar-refractivity contribution in [2.45, 2.75) is 52.9 Å². The Hall–Kier alpha value is 0.314. The van der Waals surface area contributed by atoms with Crippen LogP contribution in [0.5, 0.6) is 0 Å². The van der Waals surface area contributed by atoms with Gasteiger partial charge in [-0.15, -0.1) is 0 Å². The van der Waals surface area contributed by atoms with Gasteiger partial charge < -0.3 is 11.3 Å². The van der Waals surface area contributed by atoms with E-state index in [1.54, 1.807) is 0 Å². The number of rotatable bonds is 3. The molecule has 3 heteroatoms. The fourth-order valence-corrected chi connectivity index (χ4v) is 4.38. The number of allylic oxidation sites excluding steroid dienone is 1. The number of carbonyl (C=O) groups excluding carboxylic acids is 1. The fraction of sp³-hybridized carbons (Fsp3) is 0.812. The molecule has 0 N–H and O–H groups in total. The maximum Gasteiger partial charge on any atom is 0.302 e. The molecule has 105 valence electrons. The van der Waals surface area contributed by atoms with Gasteiger partial charge in [0.1, 0.15) is 0 Å². The summed E-state index contributed by atoms with van der Waals surface area (Å²) in [6.45, 7) is 12.9. The molecule has 0 bridgehead atoms. The number of fused-ring (bicyclic) bond motifs is 1. The third kappa shape index (κ3) is 3.50. The molecule has 1 radical (unpaired) electrons. The zero-order chi connectivity index (χ0) is 13.3. The van der Waals surface area contributed by atoms with Crippen LogP contribution in [0, 0.1) is 29.7 Å². The average Bonchev–Trinajstić information content (AvgIpc) is 2.64. The SMILES string of the molecule is [CH-]=C1CCC[C@]2(C)[C@@H]([C@H](C)COC(C)=O)CC[C@@H]12.[Y]. The van der Waals surface area contributed by atoms with Gasteiger partial charge in [-0.2, -0.15) is 0 Å². The van der Waals surface area contributed by atoms with Gasteiger partial charge in [-0.1, -0.05) is 26.7 Å². The summed E-state index contributed by atoms with van der Waals surface area (Å²) in [4.78, 5) is 10.9. The minimum Gasteiger partial charge on any atom is -0.514 e. The van der Waals surface area contributed by atoms with E-state index in [1.807, 2.05) is 0 Å². The van der Waals surface area contributed by atoms with E-state index < -0.39 is 0 Å². The van der Waals surface area contributed by atoms with Crippen LogP contribution in [0.25, 0.3) is 0 Å². The molecule has 2 fully saturated rings. The first-order valence-electron chi connectivity index (χ1n) is 7.19. The summed E-state index contributed by atoms with van der Waals surface area (Å²) in [6, 6.07) is 0. The molecule has 0 spiro atoms. The Balaban J connectivity index is 0.00000180. The van der Waals surface area contributed by atoms with Crippen molar-refractivity contribution in [3.63, 3.8) is 0 Å². The third-order valence-corrected chi connectivity index (χ3v) is 5.27. The summed E-state index contributed by atoms with van der Waals surface area (Å²) in [6.07, 6.45) is 6.04. The molecule has 2 nitrogen and oxygen atoms in total. The molecule has 0 aromatic carbocycles. The molecular weight excluding hydrogens is 313 g/mol. The molecule has 19 heavy (non-hydrogen) atoms. The maximum absolute atomic E-state index is 10.9. The molecule has 0 aliphatic heterocycles. The van der Waals surface area contributed by atoms with Crippen LogP contribution in [-0.4, -0.2) is 12.6 Å². The summed E-state index contributed by atoms with van der Waals surface area (Å²) in [7, 11) is 0. The van der Waals surface area contributed by atoms with Crippen molar-refractivity contribution in [2.75, 3.05) is 6.61 Å². The Kier molecular flexibility index (Phi) is 6.26. The van der Waals surface area contributed by atoms with Crippen molar-refractivity contribution in [1.29, 1.82) is 0 Å². The first kappa shape index (κ1) is 17.4. The molecule has 0 unspecified atom stereocenters. The second-order valence-electron chi connectivity index (χ2n) is 6.45. The van der Waals surface area contributed by atoms with Crippen LogP contribution < -0.4 is 0 Å². The van der Waals surface area contributed by atoms with Gasteiger partial charge in [0, 0.05) is 39.6 Å². The summed E-state index contributed by atoms with van der Waals surface area (Å²) < 4.78 is 5.19. The molecule has 0 aromatic rings. The Morgan fingerprint density at radius 3 is 2.84 bits per heavy atom. The molecule has 0 saturated heterocycles. The van der Waals surface area contributed by atoms with E-state index in [2.05, 4.69) is 13.8 Å². The first-order valence-corrected chi connectivity index (χ1v) is 7.19. The van der Waals surface area contributed by atoms with Crippen molar-refractivity contribution >= 4 is 5.97 Å². The summed E-state index contributed by atoms with van der Waals surface area (Å²) in [5.41, 5.74) is 1.55. The fourth-order valence-electron chi connectivity index (χ4n) is 4.38. The van der Waals surface area contributed by atoms with Gasteiger partial charge in [0.25, 0.3) is 0 Å². The van der Waals surface area contributed by atoms with E-state index >= 15 is 0 Å². The van der Waals surface area contributed by atoms with Crippen molar-refractivity contribution in [1.82, 2.24) is 0 Å². The molecule has 0 aromatic heterocycles. The Morgan fingerprint density at radius 1 is 1.53 bits per heavy atom. The van der Waals surface area contributed by atoms with E-state index in [0.29, 0.717) is 29.8 Å². The third-order valence-electron chi connectivity index (χ3n) is 5.27. The van der Waals surface area contributed by atoms with E-state index in [0.717, 1.165) is 6.42 Å². The quantitative estimate of drug-likeness (QED) is 0.579. The number of hydrogen-bond acceptors (Lipinski definition) is 2. The summed E-state index contributed by atoms with van der Waals surface area (Å²) >= 11 is 0. The molecule has 0 amide bonds. The van der Waals surface area contributed by atoms with Crippen LogP contribution >= 0.6 is 0 Å². The molecule has 2 rings (SSSR count). The van der Waals surface area contributed by atoms with E-state index in [9.17, 15) is 4.79 Å². The van der Waals surface area contributed by atoms with Crippen LogP contribution in [0.1, 0.15) is 52.9 Å². The number of hydrogen-bond donors (Lipinski definition) is 0. The van der Waals surface area contributed by atoms with Crippen LogP contribution in [0.3, 0.4) is 0 Å². The average molecular weight is 338 g/mol. The molecule has 4 atom stereocenters. The molecular formula is C16H25O2Y-. The Labute approximate surface area is 142 Å². The number of ether oxygens (including phenoxy) is 1. The van der Waals surface area contributed by atoms with Gasteiger partial charge in [-0.25, -0.2) is 0 Å². The predicted molar refractivity (Wildman–Crippen MR) is 71.8 cm³/mol. The van der Waals surface area contributed by atoms with Gasteiger partial charge in [0.2, 0.25) is 0 Å². The summed E-state index contributed by atoms with van der Waals surface area (Å²) in [5, 5.41) is 0. The molecule has 2 aliphatic rings. The van der Waals surface area contributed by atoms with Crippen LogP contribution in [0.15, 0.2) is 5.57 Å². The minimum atomic E-state index is -0.170. The molecule has 2 saturated carbocycles. The monoisotopic (exact) mass is 338 g/mol. The standard InChI is InChI=1S/C16H25O2.Y/c1-11-6-5-9-16(4)14(11)7-8-15(16)12(2)10-18-13(3)17;/h1,12,14-15H,5-10H2,2-4H3;/q-1;/t12-,14+,15-,16+;/m1./s1. The molecule has 0 heterocycles. The molecule has 2 aliphatic carbocycles. The summed E-state index contributed by atoms with van der Waals surface area (Å²) in [5.74, 6) is 1.50. The van der Waals surface area contributed by atoms with Crippen molar-refractivity contribution < 1.29 is 42.2 Å². The van der Waals surface area contributed by atoms with Gasteiger partial charge >= 0.3 is 5.97 Å². The van der Waals surface area contributed by atoms with Crippen molar-refractivity contribution in [3.8, 4) is 0 Å². The topological polar surface area (TPSA) is 26.3 Å². The number of esters is 1. The second kappa shape index (κ2) is 6.85. The minimum absolute atomic E-state index is 0. The Bertz CT molecular complexity index is 353. The van der Waals surface area contributed by atoms with Gasteiger partial charge in [0.05, 0.1) is 6.61 Å². The second-order valence-corrected chi connectivity index (χ2v) is 6.45. The maximum atomic E-state index is 10.9. The number of carbonyl (C=O) groups is 1. The smallest absolute Gasteiger partial charge is 0.302 e. The first-order chi connectivity index (χ1) is 8.45. The van der Waals surface area contributed by atoms with E-state index in [1.165, 1.54) is 38.2 Å². The van der Waals surface area contributed by atoms with Gasteiger partial charge in [0.15, 0.2) is 0 Å².